The molecule has 1 atom stereocenters. The van der Waals surface area contributed by atoms with E-state index < -0.39 is 6.10 Å². The van der Waals surface area contributed by atoms with E-state index in [0.29, 0.717) is 11.3 Å². The lowest BCUT2D eigenvalue weighted by molar-refractivity contribution is 0.108. The molecule has 0 amide bonds. The van der Waals surface area contributed by atoms with E-state index in [9.17, 15) is 5.11 Å². The van der Waals surface area contributed by atoms with Gasteiger partial charge in [0.25, 0.3) is 0 Å². The summed E-state index contributed by atoms with van der Waals surface area (Å²) in [5, 5.41) is 18.8. The predicted octanol–water partition coefficient (Wildman–Crippen LogP) is 2.67. The first-order valence-electron chi connectivity index (χ1n) is 5.66. The molecule has 0 aliphatic heterocycles. The van der Waals surface area contributed by atoms with Crippen LogP contribution in [0.5, 0.6) is 5.75 Å². The van der Waals surface area contributed by atoms with E-state index in [0.717, 1.165) is 5.56 Å². The standard InChI is InChI=1S/C15H13NO2/c16-10-13-8-4-5-9-15(13)18-11-14(17)12-6-2-1-3-7-12/h1-9,14,17H,11H2. The monoisotopic (exact) mass is 239 g/mol. The summed E-state index contributed by atoms with van der Waals surface area (Å²) in [5.41, 5.74) is 1.27. The highest BCUT2D eigenvalue weighted by atomic mass is 16.5. The molecular weight excluding hydrogens is 226 g/mol. The molecule has 0 saturated carbocycles. The normalized spacial score (nSPS) is 11.6. The number of aliphatic hydroxyl groups is 1. The van der Waals surface area contributed by atoms with E-state index >= 15 is 0 Å². The van der Waals surface area contributed by atoms with Crippen LogP contribution in [-0.4, -0.2) is 11.7 Å². The van der Waals surface area contributed by atoms with E-state index in [1.165, 1.54) is 0 Å². The summed E-state index contributed by atoms with van der Waals surface area (Å²) in [6.07, 6.45) is -0.696. The van der Waals surface area contributed by atoms with Crippen molar-refractivity contribution in [2.75, 3.05) is 6.61 Å². The molecule has 3 heteroatoms. The van der Waals surface area contributed by atoms with Crippen molar-refractivity contribution in [3.63, 3.8) is 0 Å². The van der Waals surface area contributed by atoms with Crippen molar-refractivity contribution in [1.29, 1.82) is 5.26 Å². The molecule has 18 heavy (non-hydrogen) atoms. The second kappa shape index (κ2) is 5.85. The third-order valence-electron chi connectivity index (χ3n) is 2.59. The van der Waals surface area contributed by atoms with Gasteiger partial charge in [0.05, 0.1) is 5.56 Å². The fourth-order valence-electron chi connectivity index (χ4n) is 1.62. The Hall–Kier alpha value is -2.31. The van der Waals surface area contributed by atoms with E-state index in [4.69, 9.17) is 10.00 Å². The van der Waals surface area contributed by atoms with Crippen molar-refractivity contribution in [2.24, 2.45) is 0 Å². The number of aliphatic hydroxyl groups excluding tert-OH is 1. The first-order valence-corrected chi connectivity index (χ1v) is 5.66. The van der Waals surface area contributed by atoms with E-state index in [-0.39, 0.29) is 6.61 Å². The van der Waals surface area contributed by atoms with Crippen molar-refractivity contribution in [1.82, 2.24) is 0 Å². The molecule has 0 fully saturated rings. The highest BCUT2D eigenvalue weighted by Gasteiger charge is 2.09. The molecular formula is C15H13NO2. The van der Waals surface area contributed by atoms with Crippen LogP contribution in [0.25, 0.3) is 0 Å². The van der Waals surface area contributed by atoms with Crippen LogP contribution in [0.3, 0.4) is 0 Å². The summed E-state index contributed by atoms with van der Waals surface area (Å²) in [6, 6.07) is 18.3. The van der Waals surface area contributed by atoms with Crippen LogP contribution in [0.1, 0.15) is 17.2 Å². The molecule has 0 bridgehead atoms. The average molecular weight is 239 g/mol. The van der Waals surface area contributed by atoms with Crippen LogP contribution in [0, 0.1) is 11.3 Å². The highest BCUT2D eigenvalue weighted by molar-refractivity contribution is 5.42. The van der Waals surface area contributed by atoms with Gasteiger partial charge in [0.2, 0.25) is 0 Å². The molecule has 0 saturated heterocycles. The van der Waals surface area contributed by atoms with Crippen LogP contribution < -0.4 is 4.74 Å². The zero-order valence-electron chi connectivity index (χ0n) is 9.78. The van der Waals surface area contributed by atoms with Gasteiger partial charge in [0, 0.05) is 0 Å². The van der Waals surface area contributed by atoms with E-state index in [2.05, 4.69) is 6.07 Å². The second-order valence-corrected chi connectivity index (χ2v) is 3.85. The van der Waals surface area contributed by atoms with Gasteiger partial charge in [0.1, 0.15) is 24.5 Å². The van der Waals surface area contributed by atoms with Gasteiger partial charge in [0.15, 0.2) is 0 Å². The second-order valence-electron chi connectivity index (χ2n) is 3.85. The van der Waals surface area contributed by atoms with Gasteiger partial charge in [-0.05, 0) is 17.7 Å². The lowest BCUT2D eigenvalue weighted by atomic mass is 10.1. The van der Waals surface area contributed by atoms with Gasteiger partial charge in [-0.1, -0.05) is 42.5 Å². The molecule has 0 aliphatic carbocycles. The molecule has 0 aliphatic rings. The maximum Gasteiger partial charge on any atom is 0.137 e. The number of hydrogen-bond donors (Lipinski definition) is 1. The number of rotatable bonds is 4. The molecule has 1 N–H and O–H groups in total. The van der Waals surface area contributed by atoms with Crippen molar-refractivity contribution in [3.8, 4) is 11.8 Å². The first kappa shape index (κ1) is 12.2. The van der Waals surface area contributed by atoms with Gasteiger partial charge >= 0.3 is 0 Å². The minimum absolute atomic E-state index is 0.128. The SMILES string of the molecule is N#Cc1ccccc1OCC(O)c1ccccc1. The Balaban J connectivity index is 2.02. The third kappa shape index (κ3) is 2.88. The molecule has 3 nitrogen and oxygen atoms in total. The maximum absolute atomic E-state index is 9.94. The number of nitrogens with zero attached hydrogens (tertiary/aromatic N) is 1. The molecule has 0 aromatic heterocycles. The molecule has 2 aromatic rings. The summed E-state index contributed by atoms with van der Waals surface area (Å²) in [5.74, 6) is 0.495. The molecule has 0 spiro atoms. The van der Waals surface area contributed by atoms with Crippen LogP contribution in [0.2, 0.25) is 0 Å². The Morgan fingerprint density at radius 3 is 2.44 bits per heavy atom. The summed E-state index contributed by atoms with van der Waals surface area (Å²) in [6.45, 7) is 0.128. The number of benzene rings is 2. The van der Waals surface area contributed by atoms with Gasteiger partial charge in [-0.25, -0.2) is 0 Å². The minimum Gasteiger partial charge on any atom is -0.489 e. The van der Waals surface area contributed by atoms with Gasteiger partial charge in [-0.15, -0.1) is 0 Å². The first-order chi connectivity index (χ1) is 8.81. The quantitative estimate of drug-likeness (QED) is 0.892. The van der Waals surface area contributed by atoms with Gasteiger partial charge in [-0.2, -0.15) is 5.26 Å². The Morgan fingerprint density at radius 1 is 1.06 bits per heavy atom. The van der Waals surface area contributed by atoms with E-state index in [1.807, 2.05) is 30.3 Å². The smallest absolute Gasteiger partial charge is 0.137 e. The fraction of sp³-hybridized carbons (Fsp3) is 0.133. The van der Waals surface area contributed by atoms with Gasteiger partial charge < -0.3 is 9.84 Å². The minimum atomic E-state index is -0.696. The maximum atomic E-state index is 9.94. The Bertz CT molecular complexity index is 546. The van der Waals surface area contributed by atoms with Crippen LogP contribution in [0.4, 0.5) is 0 Å². The number of ether oxygens (including phenoxy) is 1. The predicted molar refractivity (Wildman–Crippen MR) is 68.1 cm³/mol. The number of nitriles is 1. The summed E-state index contributed by atoms with van der Waals surface area (Å²) >= 11 is 0. The van der Waals surface area contributed by atoms with Crippen molar-refractivity contribution in [3.05, 3.63) is 65.7 Å². The topological polar surface area (TPSA) is 53.2 Å². The van der Waals surface area contributed by atoms with Crippen LogP contribution in [0.15, 0.2) is 54.6 Å². The Morgan fingerprint density at radius 2 is 1.72 bits per heavy atom. The largest absolute Gasteiger partial charge is 0.489 e. The molecule has 1 unspecified atom stereocenters. The lowest BCUT2D eigenvalue weighted by Crippen LogP contribution is -2.10. The third-order valence-corrected chi connectivity index (χ3v) is 2.59. The van der Waals surface area contributed by atoms with Crippen LogP contribution in [-0.2, 0) is 0 Å². The summed E-state index contributed by atoms with van der Waals surface area (Å²) in [7, 11) is 0. The zero-order valence-corrected chi connectivity index (χ0v) is 9.78. The molecule has 0 heterocycles. The fourth-order valence-corrected chi connectivity index (χ4v) is 1.62. The molecule has 0 radical (unpaired) electrons. The molecule has 90 valence electrons. The Labute approximate surface area is 106 Å². The molecule has 2 aromatic carbocycles. The number of para-hydroxylation sites is 1. The highest BCUT2D eigenvalue weighted by Crippen LogP contribution is 2.19. The molecule has 2 rings (SSSR count). The van der Waals surface area contributed by atoms with Gasteiger partial charge in [-0.3, -0.25) is 0 Å². The van der Waals surface area contributed by atoms with Crippen molar-refractivity contribution in [2.45, 2.75) is 6.10 Å². The zero-order chi connectivity index (χ0) is 12.8. The number of hydrogen-bond acceptors (Lipinski definition) is 3. The van der Waals surface area contributed by atoms with E-state index in [1.54, 1.807) is 24.3 Å². The summed E-state index contributed by atoms with van der Waals surface area (Å²) < 4.78 is 5.47. The Kier molecular flexibility index (Phi) is 3.95. The van der Waals surface area contributed by atoms with Crippen molar-refractivity contribution < 1.29 is 9.84 Å². The average Bonchev–Trinajstić information content (AvgIpc) is 2.46. The van der Waals surface area contributed by atoms with Crippen LogP contribution >= 0.6 is 0 Å². The lowest BCUT2D eigenvalue weighted by Gasteiger charge is -2.13. The summed E-state index contributed by atoms with van der Waals surface area (Å²) in [4.78, 5) is 0. The van der Waals surface area contributed by atoms with Crippen molar-refractivity contribution >= 4 is 0 Å².